The number of aromatic amines is 1. The van der Waals surface area contributed by atoms with Gasteiger partial charge < -0.3 is 19.9 Å². The van der Waals surface area contributed by atoms with E-state index < -0.39 is 23.4 Å². The Morgan fingerprint density at radius 2 is 1.76 bits per heavy atom. The number of H-pyrrole nitrogens is 1. The number of hydrogen-bond donors (Lipinski definition) is 2. The van der Waals surface area contributed by atoms with Gasteiger partial charge in [0.2, 0.25) is 0 Å². The molecule has 2 aromatic carbocycles. The third-order valence-corrected chi connectivity index (χ3v) is 6.57. The molecule has 2 amide bonds. The van der Waals surface area contributed by atoms with Crippen LogP contribution in [0.3, 0.4) is 0 Å². The lowest BCUT2D eigenvalue weighted by atomic mass is 9.89. The predicted molar refractivity (Wildman–Crippen MR) is 131 cm³/mol. The highest BCUT2D eigenvalue weighted by Crippen LogP contribution is 2.30. The molecule has 0 spiro atoms. The van der Waals surface area contributed by atoms with Crippen LogP contribution in [0.4, 0.5) is 18.9 Å². The van der Waals surface area contributed by atoms with Gasteiger partial charge in [-0.1, -0.05) is 12.1 Å². The molecule has 0 saturated carbocycles. The van der Waals surface area contributed by atoms with Crippen LogP contribution in [0.15, 0.2) is 54.7 Å². The maximum absolute atomic E-state index is 14.1. The van der Waals surface area contributed by atoms with Crippen molar-refractivity contribution in [1.82, 2.24) is 14.9 Å². The summed E-state index contributed by atoms with van der Waals surface area (Å²) in [4.78, 5) is 33.7. The number of nitrogens with zero attached hydrogens (tertiary/aromatic N) is 2. The van der Waals surface area contributed by atoms with Crippen LogP contribution in [0, 0.1) is 17.5 Å². The molecular weight excluding hydrogens is 485 g/mol. The lowest BCUT2D eigenvalue weighted by molar-refractivity contribution is 0.0708. The quantitative estimate of drug-likeness (QED) is 0.385. The van der Waals surface area contributed by atoms with Gasteiger partial charge in [-0.25, -0.2) is 18.2 Å². The third kappa shape index (κ3) is 5.00. The first-order chi connectivity index (χ1) is 17.8. The van der Waals surface area contributed by atoms with Crippen molar-refractivity contribution in [1.29, 1.82) is 0 Å². The van der Waals surface area contributed by atoms with Gasteiger partial charge in [0, 0.05) is 36.3 Å². The smallest absolute Gasteiger partial charge is 0.277 e. The monoisotopic (exact) mass is 508 g/mol. The molecule has 1 saturated heterocycles. The number of carbonyl (C=O) groups is 2. The van der Waals surface area contributed by atoms with E-state index in [1.165, 1.54) is 19.4 Å². The van der Waals surface area contributed by atoms with Gasteiger partial charge in [-0.05, 0) is 48.6 Å². The Bertz CT molecular complexity index is 1480. The van der Waals surface area contributed by atoms with Gasteiger partial charge in [-0.2, -0.15) is 0 Å². The van der Waals surface area contributed by atoms with Crippen LogP contribution in [0.25, 0.3) is 10.9 Å². The van der Waals surface area contributed by atoms with E-state index in [-0.39, 0.29) is 39.9 Å². The second kappa shape index (κ2) is 9.96. The summed E-state index contributed by atoms with van der Waals surface area (Å²) in [5, 5.41) is 2.81. The fraction of sp³-hybridized carbons (Fsp3) is 0.222. The maximum atomic E-state index is 14.1. The average molecular weight is 509 g/mol. The molecule has 0 radical (unpaired) electrons. The number of pyridine rings is 1. The molecule has 0 bridgehead atoms. The Labute approximate surface area is 210 Å². The van der Waals surface area contributed by atoms with Crippen molar-refractivity contribution in [2.75, 3.05) is 25.5 Å². The zero-order valence-electron chi connectivity index (χ0n) is 19.9. The molecule has 37 heavy (non-hydrogen) atoms. The topological polar surface area (TPSA) is 87.3 Å². The fourth-order valence-electron chi connectivity index (χ4n) is 4.59. The van der Waals surface area contributed by atoms with Crippen LogP contribution < -0.4 is 10.1 Å². The number of fused-ring (bicyclic) bond motifs is 1. The van der Waals surface area contributed by atoms with Crippen LogP contribution in [-0.4, -0.2) is 46.9 Å². The predicted octanol–water partition coefficient (Wildman–Crippen LogP) is 5.26. The number of amides is 2. The molecule has 1 aliphatic heterocycles. The summed E-state index contributed by atoms with van der Waals surface area (Å²) in [6.45, 7) is 1.02. The molecule has 1 aliphatic rings. The Kier molecular flexibility index (Phi) is 6.56. The Hall–Kier alpha value is -4.34. The number of benzene rings is 2. The van der Waals surface area contributed by atoms with Gasteiger partial charge in [0.15, 0.2) is 11.5 Å². The van der Waals surface area contributed by atoms with E-state index >= 15 is 0 Å². The van der Waals surface area contributed by atoms with Crippen molar-refractivity contribution in [3.05, 3.63) is 89.1 Å². The summed E-state index contributed by atoms with van der Waals surface area (Å²) in [6.07, 6.45) is 2.72. The molecule has 0 unspecified atom stereocenters. The van der Waals surface area contributed by atoms with E-state index in [1.807, 2.05) is 12.1 Å². The van der Waals surface area contributed by atoms with Gasteiger partial charge in [0.1, 0.15) is 23.1 Å². The third-order valence-electron chi connectivity index (χ3n) is 6.57. The summed E-state index contributed by atoms with van der Waals surface area (Å²) < 4.78 is 46.5. The molecule has 3 heterocycles. The first kappa shape index (κ1) is 24.4. The Morgan fingerprint density at radius 1 is 1.03 bits per heavy atom. The van der Waals surface area contributed by atoms with Crippen LogP contribution in [0.1, 0.15) is 45.3 Å². The van der Waals surface area contributed by atoms with Crippen molar-refractivity contribution in [3.8, 4) is 5.75 Å². The van der Waals surface area contributed by atoms with E-state index in [0.717, 1.165) is 36.6 Å². The molecule has 0 atom stereocenters. The summed E-state index contributed by atoms with van der Waals surface area (Å²) >= 11 is 0. The zero-order valence-corrected chi connectivity index (χ0v) is 19.9. The minimum Gasteiger partial charge on any atom is -0.495 e. The number of rotatable bonds is 5. The Balaban J connectivity index is 1.19. The number of aromatic nitrogens is 2. The highest BCUT2D eigenvalue weighted by Gasteiger charge is 2.26. The average Bonchev–Trinajstić information content (AvgIpc) is 3.33. The molecular formula is C27H23F3N4O3. The van der Waals surface area contributed by atoms with Gasteiger partial charge >= 0.3 is 0 Å². The number of halogens is 3. The first-order valence-corrected chi connectivity index (χ1v) is 11.7. The lowest BCUT2D eigenvalue weighted by Gasteiger charge is -2.32. The normalized spacial score (nSPS) is 14.1. The fourth-order valence-corrected chi connectivity index (χ4v) is 4.59. The number of nitrogens with one attached hydrogen (secondary N) is 2. The number of piperidine rings is 1. The molecule has 4 aromatic rings. The minimum absolute atomic E-state index is 0.178. The number of anilines is 1. The summed E-state index contributed by atoms with van der Waals surface area (Å²) in [7, 11) is 1.38. The number of methoxy groups -OCH3 is 1. The van der Waals surface area contributed by atoms with E-state index in [1.54, 1.807) is 17.0 Å². The summed E-state index contributed by atoms with van der Waals surface area (Å²) in [5.74, 6) is -2.69. The summed E-state index contributed by atoms with van der Waals surface area (Å²) in [5.41, 5.74) is 1.70. The van der Waals surface area contributed by atoms with Crippen molar-refractivity contribution in [2.45, 2.75) is 18.8 Å². The van der Waals surface area contributed by atoms with E-state index in [2.05, 4.69) is 15.3 Å². The van der Waals surface area contributed by atoms with Crippen molar-refractivity contribution >= 4 is 28.4 Å². The SMILES string of the molecule is COc1cnc(C(=O)Nc2ccc(C3CCN(C(=O)c4cc5c(F)cc(F)cc5[nH]4)CC3)cc2)c(F)c1. The standard InChI is InChI=1S/C27H23F3N4O3/c1-37-19-12-22(30)25(31-14-19)26(35)32-18-4-2-15(3-5-18)16-6-8-34(9-7-16)27(36)24-13-20-21(29)10-17(28)11-23(20)33-24/h2-5,10-14,16,33H,6-9H2,1H3,(H,32,35). The van der Waals surface area contributed by atoms with Gasteiger partial charge in [0.25, 0.3) is 11.8 Å². The van der Waals surface area contributed by atoms with Crippen LogP contribution in [0.2, 0.25) is 0 Å². The first-order valence-electron chi connectivity index (χ1n) is 11.7. The molecule has 1 fully saturated rings. The van der Waals surface area contributed by atoms with Crippen LogP contribution >= 0.6 is 0 Å². The van der Waals surface area contributed by atoms with Crippen molar-refractivity contribution in [3.63, 3.8) is 0 Å². The van der Waals surface area contributed by atoms with Crippen molar-refractivity contribution < 1.29 is 27.5 Å². The van der Waals surface area contributed by atoms with Gasteiger partial charge in [-0.15, -0.1) is 0 Å². The molecule has 0 aliphatic carbocycles. The maximum Gasteiger partial charge on any atom is 0.277 e. The Morgan fingerprint density at radius 3 is 2.43 bits per heavy atom. The molecule has 2 N–H and O–H groups in total. The molecule has 2 aromatic heterocycles. The van der Waals surface area contributed by atoms with Crippen molar-refractivity contribution in [2.24, 2.45) is 0 Å². The molecule has 10 heteroatoms. The van der Waals surface area contributed by atoms with E-state index in [4.69, 9.17) is 4.74 Å². The second-order valence-electron chi connectivity index (χ2n) is 8.88. The van der Waals surface area contributed by atoms with Gasteiger partial charge in [0.05, 0.1) is 18.8 Å². The van der Waals surface area contributed by atoms with Crippen LogP contribution in [0.5, 0.6) is 5.75 Å². The van der Waals surface area contributed by atoms with Crippen LogP contribution in [-0.2, 0) is 0 Å². The number of likely N-dealkylation sites (tertiary alicyclic amines) is 1. The molecule has 5 rings (SSSR count). The highest BCUT2D eigenvalue weighted by molar-refractivity contribution is 6.03. The number of carbonyl (C=O) groups excluding carboxylic acids is 2. The zero-order chi connectivity index (χ0) is 26.1. The summed E-state index contributed by atoms with van der Waals surface area (Å²) in [6, 6.07) is 11.7. The number of hydrogen-bond acceptors (Lipinski definition) is 4. The number of ether oxygens (including phenoxy) is 1. The molecule has 7 nitrogen and oxygen atoms in total. The second-order valence-corrected chi connectivity index (χ2v) is 8.88. The molecule has 190 valence electrons. The van der Waals surface area contributed by atoms with E-state index in [9.17, 15) is 22.8 Å². The minimum atomic E-state index is -0.778. The van der Waals surface area contributed by atoms with Gasteiger partial charge in [-0.3, -0.25) is 9.59 Å². The lowest BCUT2D eigenvalue weighted by Crippen LogP contribution is -2.38. The van der Waals surface area contributed by atoms with E-state index in [0.29, 0.717) is 18.8 Å². The largest absolute Gasteiger partial charge is 0.495 e. The highest BCUT2D eigenvalue weighted by atomic mass is 19.1.